The fraction of sp³-hybridized carbons (Fsp3) is 0.455. The second kappa shape index (κ2) is 9.30. The molecule has 2 aliphatic rings. The number of sulfonamides is 2. The molecule has 1 aliphatic carbocycles. The number of likely N-dealkylation sites (N-methyl/N-ethyl adjacent to an activating group) is 1. The number of hydrogen-bond acceptors (Lipinski definition) is 6. The highest BCUT2D eigenvalue weighted by Crippen LogP contribution is 2.30. The Labute approximate surface area is 194 Å². The van der Waals surface area contributed by atoms with Gasteiger partial charge in [0.2, 0.25) is 20.0 Å². The summed E-state index contributed by atoms with van der Waals surface area (Å²) in [4.78, 5) is 4.29. The van der Waals surface area contributed by atoms with Gasteiger partial charge < -0.3 is 9.80 Å². The molecule has 0 radical (unpaired) electrons. The quantitative estimate of drug-likeness (QED) is 0.581. The molecule has 1 atom stereocenters. The third kappa shape index (κ3) is 5.72. The first-order valence-corrected chi connectivity index (χ1v) is 13.9. The topological polar surface area (TPSA) is 98.8 Å². The van der Waals surface area contributed by atoms with E-state index in [0.29, 0.717) is 5.56 Å². The summed E-state index contributed by atoms with van der Waals surface area (Å²) in [6, 6.07) is 8.79. The van der Waals surface area contributed by atoms with Gasteiger partial charge in [0.1, 0.15) is 5.82 Å². The minimum absolute atomic E-state index is 0.0175. The van der Waals surface area contributed by atoms with Crippen LogP contribution in [-0.2, 0) is 20.0 Å². The number of piperazine rings is 1. The summed E-state index contributed by atoms with van der Waals surface area (Å²) in [5.41, 5.74) is 1.35. The van der Waals surface area contributed by atoms with Gasteiger partial charge in [-0.2, -0.15) is 0 Å². The molecule has 1 aliphatic heterocycles. The number of nitrogens with one attached hydrogen (secondary N) is 2. The zero-order chi connectivity index (χ0) is 23.8. The van der Waals surface area contributed by atoms with Crippen LogP contribution in [-0.4, -0.2) is 61.0 Å². The van der Waals surface area contributed by atoms with Crippen LogP contribution < -0.4 is 14.3 Å². The average molecular weight is 497 g/mol. The fourth-order valence-electron chi connectivity index (χ4n) is 3.86. The van der Waals surface area contributed by atoms with E-state index in [9.17, 15) is 21.2 Å². The zero-order valence-corrected chi connectivity index (χ0v) is 20.3. The lowest BCUT2D eigenvalue weighted by atomic mass is 10.0. The molecule has 1 saturated heterocycles. The molecule has 0 aromatic heterocycles. The standard InChI is InChI=1S/C22H29FN4O4S2/c1-16(21-15-17(23)3-10-22(21)27-13-11-26(2)12-14-27)24-32(28,29)19-6-8-20(9-7-19)33(30,31)25-18-4-5-18/h3,6-10,15-16,18,24-25H,4-5,11-14H2,1-2H3. The van der Waals surface area contributed by atoms with E-state index in [-0.39, 0.29) is 15.8 Å². The highest BCUT2D eigenvalue weighted by Gasteiger charge is 2.29. The third-order valence-corrected chi connectivity index (χ3v) is 9.07. The Kier molecular flexibility index (Phi) is 6.79. The Morgan fingerprint density at radius 3 is 2.06 bits per heavy atom. The fourth-order valence-corrected chi connectivity index (χ4v) is 6.39. The second-order valence-corrected chi connectivity index (χ2v) is 12.1. The smallest absolute Gasteiger partial charge is 0.241 e. The Morgan fingerprint density at radius 2 is 1.48 bits per heavy atom. The molecular weight excluding hydrogens is 467 g/mol. The lowest BCUT2D eigenvalue weighted by Crippen LogP contribution is -2.45. The molecule has 33 heavy (non-hydrogen) atoms. The predicted molar refractivity (Wildman–Crippen MR) is 125 cm³/mol. The van der Waals surface area contributed by atoms with E-state index in [1.54, 1.807) is 13.0 Å². The maximum absolute atomic E-state index is 14.1. The summed E-state index contributed by atoms with van der Waals surface area (Å²) in [6.45, 7) is 4.92. The van der Waals surface area contributed by atoms with Gasteiger partial charge in [-0.25, -0.2) is 30.7 Å². The molecule has 2 aromatic carbocycles. The van der Waals surface area contributed by atoms with E-state index < -0.39 is 31.9 Å². The SMILES string of the molecule is CC(NS(=O)(=O)c1ccc(S(=O)(=O)NC2CC2)cc1)c1cc(F)ccc1N1CCN(C)CC1. The molecule has 1 heterocycles. The lowest BCUT2D eigenvalue weighted by Gasteiger charge is -2.36. The molecular formula is C22H29FN4O4S2. The molecule has 4 rings (SSSR count). The summed E-state index contributed by atoms with van der Waals surface area (Å²) in [5.74, 6) is -0.438. The third-order valence-electron chi connectivity index (χ3n) is 5.98. The van der Waals surface area contributed by atoms with E-state index in [1.165, 1.54) is 36.4 Å². The van der Waals surface area contributed by atoms with Gasteiger partial charge in [-0.15, -0.1) is 0 Å². The van der Waals surface area contributed by atoms with Gasteiger partial charge in [0.15, 0.2) is 0 Å². The van der Waals surface area contributed by atoms with Crippen molar-refractivity contribution in [3.63, 3.8) is 0 Å². The molecule has 180 valence electrons. The molecule has 0 spiro atoms. The molecule has 2 aromatic rings. The minimum atomic E-state index is -3.96. The zero-order valence-electron chi connectivity index (χ0n) is 18.7. The van der Waals surface area contributed by atoms with Gasteiger partial charge in [-0.1, -0.05) is 0 Å². The molecule has 2 fully saturated rings. The number of benzene rings is 2. The van der Waals surface area contributed by atoms with Crippen LogP contribution in [0.25, 0.3) is 0 Å². The Morgan fingerprint density at radius 1 is 0.909 bits per heavy atom. The van der Waals surface area contributed by atoms with Crippen LogP contribution >= 0.6 is 0 Å². The summed E-state index contributed by atoms with van der Waals surface area (Å²) >= 11 is 0. The van der Waals surface area contributed by atoms with Crippen molar-refractivity contribution in [2.75, 3.05) is 38.1 Å². The number of hydrogen-bond donors (Lipinski definition) is 2. The molecule has 1 saturated carbocycles. The van der Waals surface area contributed by atoms with E-state index in [0.717, 1.165) is 44.7 Å². The predicted octanol–water partition coefficient (Wildman–Crippen LogP) is 2.06. The Hall–Kier alpha value is -2.05. The first-order valence-electron chi connectivity index (χ1n) is 10.9. The highest BCUT2D eigenvalue weighted by atomic mass is 32.2. The second-order valence-electron chi connectivity index (χ2n) is 8.70. The molecule has 0 bridgehead atoms. The summed E-state index contributed by atoms with van der Waals surface area (Å²) < 4.78 is 69.9. The van der Waals surface area contributed by atoms with Gasteiger partial charge in [0, 0.05) is 44.0 Å². The van der Waals surface area contributed by atoms with E-state index in [2.05, 4.69) is 19.2 Å². The molecule has 8 nitrogen and oxygen atoms in total. The Bertz CT molecular complexity index is 1210. The molecule has 2 N–H and O–H groups in total. The van der Waals surface area contributed by atoms with Crippen LogP contribution in [0.4, 0.5) is 10.1 Å². The maximum atomic E-state index is 14.1. The van der Waals surface area contributed by atoms with Crippen molar-refractivity contribution >= 4 is 25.7 Å². The van der Waals surface area contributed by atoms with Crippen LogP contribution in [0.2, 0.25) is 0 Å². The number of anilines is 1. The van der Waals surface area contributed by atoms with E-state index in [1.807, 2.05) is 7.05 Å². The van der Waals surface area contributed by atoms with Crippen LogP contribution in [0.3, 0.4) is 0 Å². The maximum Gasteiger partial charge on any atom is 0.241 e. The monoisotopic (exact) mass is 496 g/mol. The van der Waals surface area contributed by atoms with Crippen LogP contribution in [0.15, 0.2) is 52.3 Å². The first-order chi connectivity index (χ1) is 15.5. The largest absolute Gasteiger partial charge is 0.369 e. The van der Waals surface area contributed by atoms with Gasteiger partial charge in [-0.3, -0.25) is 0 Å². The normalized spacial score (nSPS) is 18.9. The van der Waals surface area contributed by atoms with Crippen molar-refractivity contribution < 1.29 is 21.2 Å². The summed E-state index contributed by atoms with van der Waals surface area (Å²) in [7, 11) is -5.59. The van der Waals surface area contributed by atoms with Crippen LogP contribution in [0, 0.1) is 5.82 Å². The first kappa shape index (κ1) is 24.1. The van der Waals surface area contributed by atoms with Gasteiger partial charge in [0.25, 0.3) is 0 Å². The Balaban J connectivity index is 1.53. The van der Waals surface area contributed by atoms with Crippen molar-refractivity contribution in [1.29, 1.82) is 0 Å². The van der Waals surface area contributed by atoms with E-state index in [4.69, 9.17) is 0 Å². The van der Waals surface area contributed by atoms with Crippen molar-refractivity contribution in [3.05, 3.63) is 53.8 Å². The van der Waals surface area contributed by atoms with Gasteiger partial charge in [0.05, 0.1) is 9.79 Å². The molecule has 11 heteroatoms. The average Bonchev–Trinajstić information content (AvgIpc) is 3.57. The van der Waals surface area contributed by atoms with Crippen LogP contribution in [0.5, 0.6) is 0 Å². The number of halogens is 1. The number of nitrogens with zero attached hydrogens (tertiary/aromatic N) is 2. The van der Waals surface area contributed by atoms with Crippen molar-refractivity contribution in [2.45, 2.75) is 41.6 Å². The highest BCUT2D eigenvalue weighted by molar-refractivity contribution is 7.90. The molecule has 1 unspecified atom stereocenters. The van der Waals surface area contributed by atoms with Crippen molar-refractivity contribution in [1.82, 2.24) is 14.3 Å². The van der Waals surface area contributed by atoms with Crippen molar-refractivity contribution in [3.8, 4) is 0 Å². The summed E-state index contributed by atoms with van der Waals surface area (Å²) in [6.07, 6.45) is 1.62. The summed E-state index contributed by atoms with van der Waals surface area (Å²) in [5, 5.41) is 0. The van der Waals surface area contributed by atoms with Gasteiger partial charge in [-0.05, 0) is 74.8 Å². The number of rotatable bonds is 8. The van der Waals surface area contributed by atoms with Crippen molar-refractivity contribution in [2.24, 2.45) is 0 Å². The van der Waals surface area contributed by atoms with E-state index >= 15 is 0 Å². The molecule has 0 amide bonds. The van der Waals surface area contributed by atoms with Crippen LogP contribution in [0.1, 0.15) is 31.4 Å². The lowest BCUT2D eigenvalue weighted by molar-refractivity contribution is 0.312. The van der Waals surface area contributed by atoms with Gasteiger partial charge >= 0.3 is 0 Å². The minimum Gasteiger partial charge on any atom is -0.369 e.